The van der Waals surface area contributed by atoms with Crippen molar-refractivity contribution in [3.8, 4) is 5.75 Å². The average Bonchev–Trinajstić information content (AvgIpc) is 3.63. The lowest BCUT2D eigenvalue weighted by atomic mass is 9.95. The van der Waals surface area contributed by atoms with Crippen LogP contribution in [0.2, 0.25) is 0 Å². The van der Waals surface area contributed by atoms with Gasteiger partial charge < -0.3 is 15.0 Å². The van der Waals surface area contributed by atoms with Crippen LogP contribution in [-0.4, -0.2) is 35.8 Å². The van der Waals surface area contributed by atoms with Crippen LogP contribution in [0.25, 0.3) is 0 Å². The molecule has 0 aliphatic heterocycles. The Hall–Kier alpha value is -3.74. The van der Waals surface area contributed by atoms with Gasteiger partial charge in [0, 0.05) is 43.8 Å². The van der Waals surface area contributed by atoms with Gasteiger partial charge in [0.1, 0.15) is 12.1 Å². The van der Waals surface area contributed by atoms with E-state index in [9.17, 15) is 9.59 Å². The van der Waals surface area contributed by atoms with E-state index >= 15 is 0 Å². The molecule has 0 bridgehead atoms. The SMILES string of the molecule is COc1ccc(N(C)c2ccc(CNC(=O)C3(CC(=O)c4cncnc4)CC3)cc2)c(C)c1. The van der Waals surface area contributed by atoms with Crippen LogP contribution in [0.4, 0.5) is 11.4 Å². The van der Waals surface area contributed by atoms with Gasteiger partial charge in [-0.25, -0.2) is 9.97 Å². The number of carbonyl (C=O) groups excluding carboxylic acids is 2. The van der Waals surface area contributed by atoms with E-state index in [0.29, 0.717) is 12.1 Å². The van der Waals surface area contributed by atoms with Crippen LogP contribution < -0.4 is 15.0 Å². The number of aromatic nitrogens is 2. The van der Waals surface area contributed by atoms with Gasteiger partial charge in [0.15, 0.2) is 5.78 Å². The molecule has 4 rings (SSSR count). The Balaban J connectivity index is 1.35. The van der Waals surface area contributed by atoms with Gasteiger partial charge in [0.25, 0.3) is 0 Å². The third kappa shape index (κ3) is 5.03. The van der Waals surface area contributed by atoms with Crippen LogP contribution in [0, 0.1) is 12.3 Å². The maximum atomic E-state index is 12.8. The molecule has 1 amide bonds. The first kappa shape index (κ1) is 22.5. The smallest absolute Gasteiger partial charge is 0.226 e. The standard InChI is InChI=1S/C26H28N4O3/c1-18-12-22(33-3)8-9-23(18)30(2)21-6-4-19(5-7-21)14-29-25(32)26(10-11-26)13-24(31)20-15-27-17-28-16-20/h4-9,12,15-17H,10-11,13-14H2,1-3H3,(H,29,32). The highest BCUT2D eigenvalue weighted by molar-refractivity contribution is 6.00. The van der Waals surface area contributed by atoms with Gasteiger partial charge >= 0.3 is 0 Å². The van der Waals surface area contributed by atoms with Crippen LogP contribution in [0.1, 0.15) is 40.7 Å². The number of nitrogens with one attached hydrogen (secondary N) is 1. The summed E-state index contributed by atoms with van der Waals surface area (Å²) < 4.78 is 5.29. The van der Waals surface area contributed by atoms with E-state index in [0.717, 1.165) is 41.1 Å². The Morgan fingerprint density at radius 2 is 1.79 bits per heavy atom. The van der Waals surface area contributed by atoms with E-state index < -0.39 is 5.41 Å². The van der Waals surface area contributed by atoms with Gasteiger partial charge in [0.05, 0.1) is 18.1 Å². The molecule has 0 unspecified atom stereocenters. The highest BCUT2D eigenvalue weighted by atomic mass is 16.5. The van der Waals surface area contributed by atoms with E-state index in [1.54, 1.807) is 7.11 Å². The van der Waals surface area contributed by atoms with E-state index in [4.69, 9.17) is 4.74 Å². The number of nitrogens with zero attached hydrogens (tertiary/aromatic N) is 3. The molecule has 2 aromatic carbocycles. The second-order valence-electron chi connectivity index (χ2n) is 8.57. The summed E-state index contributed by atoms with van der Waals surface area (Å²) >= 11 is 0. The second kappa shape index (κ2) is 9.40. The monoisotopic (exact) mass is 444 g/mol. The fourth-order valence-corrected chi connectivity index (χ4v) is 3.97. The number of methoxy groups -OCH3 is 1. The zero-order valence-corrected chi connectivity index (χ0v) is 19.2. The molecule has 0 atom stereocenters. The number of ether oxygens (including phenoxy) is 1. The molecule has 33 heavy (non-hydrogen) atoms. The Morgan fingerprint density at radius 1 is 1.09 bits per heavy atom. The molecule has 3 aromatic rings. The summed E-state index contributed by atoms with van der Waals surface area (Å²) in [5, 5.41) is 3.01. The Bertz CT molecular complexity index is 1140. The quantitative estimate of drug-likeness (QED) is 0.497. The summed E-state index contributed by atoms with van der Waals surface area (Å²) in [5.41, 5.74) is 4.13. The molecule has 1 aliphatic rings. The molecule has 7 nitrogen and oxygen atoms in total. The molecule has 170 valence electrons. The minimum absolute atomic E-state index is 0.0669. The molecular formula is C26H28N4O3. The largest absolute Gasteiger partial charge is 0.497 e. The third-order valence-electron chi connectivity index (χ3n) is 6.26. The van der Waals surface area contributed by atoms with Crippen molar-refractivity contribution < 1.29 is 14.3 Å². The number of anilines is 2. The van der Waals surface area contributed by atoms with E-state index in [-0.39, 0.29) is 18.1 Å². The minimum Gasteiger partial charge on any atom is -0.497 e. The molecule has 0 saturated heterocycles. The fraction of sp³-hybridized carbons (Fsp3) is 0.308. The van der Waals surface area contributed by atoms with Crippen molar-refractivity contribution in [2.45, 2.75) is 32.7 Å². The van der Waals surface area contributed by atoms with Crippen molar-refractivity contribution in [2.75, 3.05) is 19.1 Å². The molecule has 1 heterocycles. The lowest BCUT2D eigenvalue weighted by Crippen LogP contribution is -2.33. The summed E-state index contributed by atoms with van der Waals surface area (Å²) in [5.74, 6) is 0.676. The number of Topliss-reactive ketones (excluding diaryl/α,β-unsaturated/α-hetero) is 1. The highest BCUT2D eigenvalue weighted by Crippen LogP contribution is 2.49. The number of amides is 1. The number of ketones is 1. The summed E-state index contributed by atoms with van der Waals surface area (Å²) in [6, 6.07) is 14.1. The van der Waals surface area contributed by atoms with Gasteiger partial charge in [-0.1, -0.05) is 12.1 Å². The molecule has 0 spiro atoms. The zero-order chi connectivity index (χ0) is 23.4. The third-order valence-corrected chi connectivity index (χ3v) is 6.26. The molecule has 1 aliphatic carbocycles. The second-order valence-corrected chi connectivity index (χ2v) is 8.57. The van der Waals surface area contributed by atoms with Gasteiger partial charge in [0.2, 0.25) is 5.91 Å². The van der Waals surface area contributed by atoms with Crippen molar-refractivity contribution in [1.82, 2.24) is 15.3 Å². The molecule has 1 fully saturated rings. The Kier molecular flexibility index (Phi) is 6.40. The number of rotatable bonds is 9. The van der Waals surface area contributed by atoms with Crippen LogP contribution in [0.3, 0.4) is 0 Å². The first-order chi connectivity index (χ1) is 15.9. The predicted molar refractivity (Wildman–Crippen MR) is 127 cm³/mol. The molecule has 7 heteroatoms. The molecular weight excluding hydrogens is 416 g/mol. The highest BCUT2D eigenvalue weighted by Gasteiger charge is 2.51. The number of hydrogen-bond donors (Lipinski definition) is 1. The van der Waals surface area contributed by atoms with Crippen LogP contribution >= 0.6 is 0 Å². The number of aryl methyl sites for hydroxylation is 1. The summed E-state index contributed by atoms with van der Waals surface area (Å²) in [7, 11) is 3.69. The van der Waals surface area contributed by atoms with Crippen LogP contribution in [0.15, 0.2) is 61.2 Å². The Labute approximate surface area is 193 Å². The predicted octanol–water partition coefficient (Wildman–Crippen LogP) is 4.23. The van der Waals surface area contributed by atoms with E-state index in [1.807, 2.05) is 49.5 Å². The van der Waals surface area contributed by atoms with E-state index in [2.05, 4.69) is 27.1 Å². The average molecular weight is 445 g/mol. The Morgan fingerprint density at radius 3 is 2.39 bits per heavy atom. The maximum Gasteiger partial charge on any atom is 0.226 e. The zero-order valence-electron chi connectivity index (χ0n) is 19.2. The number of benzene rings is 2. The number of hydrogen-bond acceptors (Lipinski definition) is 6. The van der Waals surface area contributed by atoms with Gasteiger partial charge in [-0.2, -0.15) is 0 Å². The van der Waals surface area contributed by atoms with Gasteiger partial charge in [-0.3, -0.25) is 9.59 Å². The van der Waals surface area contributed by atoms with Crippen LogP contribution in [0.5, 0.6) is 5.75 Å². The van der Waals surface area contributed by atoms with Crippen molar-refractivity contribution >= 4 is 23.1 Å². The molecule has 0 radical (unpaired) electrons. The van der Waals surface area contributed by atoms with Gasteiger partial charge in [-0.15, -0.1) is 0 Å². The first-order valence-corrected chi connectivity index (χ1v) is 11.0. The van der Waals surface area contributed by atoms with Crippen LogP contribution in [-0.2, 0) is 11.3 Å². The van der Waals surface area contributed by atoms with Crippen molar-refractivity contribution in [3.05, 3.63) is 77.9 Å². The molecule has 1 aromatic heterocycles. The normalized spacial score (nSPS) is 13.8. The lowest BCUT2D eigenvalue weighted by Gasteiger charge is -2.22. The van der Waals surface area contributed by atoms with Gasteiger partial charge in [-0.05, 0) is 61.2 Å². The van der Waals surface area contributed by atoms with E-state index in [1.165, 1.54) is 18.7 Å². The summed E-state index contributed by atoms with van der Waals surface area (Å²) in [6.07, 6.45) is 6.02. The summed E-state index contributed by atoms with van der Waals surface area (Å²) in [4.78, 5) is 35.2. The fourth-order valence-electron chi connectivity index (χ4n) is 3.97. The van der Waals surface area contributed by atoms with Crippen molar-refractivity contribution in [1.29, 1.82) is 0 Å². The maximum absolute atomic E-state index is 12.8. The summed E-state index contributed by atoms with van der Waals surface area (Å²) in [6.45, 7) is 2.48. The molecule has 1 saturated carbocycles. The first-order valence-electron chi connectivity index (χ1n) is 11.0. The number of carbonyl (C=O) groups is 2. The topological polar surface area (TPSA) is 84.4 Å². The van der Waals surface area contributed by atoms with Crippen molar-refractivity contribution in [3.63, 3.8) is 0 Å². The minimum atomic E-state index is -0.598. The lowest BCUT2D eigenvalue weighted by molar-refractivity contribution is -0.126. The van der Waals surface area contributed by atoms with Crippen molar-refractivity contribution in [2.24, 2.45) is 5.41 Å². The molecule has 1 N–H and O–H groups in total.